The minimum atomic E-state index is -0.382. The van der Waals surface area contributed by atoms with Gasteiger partial charge >= 0.3 is 5.82 Å². The highest BCUT2D eigenvalue weighted by Gasteiger charge is 2.26. The summed E-state index contributed by atoms with van der Waals surface area (Å²) in [6, 6.07) is 3.97. The number of thiophene rings is 1. The van der Waals surface area contributed by atoms with Crippen molar-refractivity contribution in [1.29, 1.82) is 0 Å². The van der Waals surface area contributed by atoms with Crippen LogP contribution in [0.1, 0.15) is 4.88 Å². The van der Waals surface area contributed by atoms with E-state index >= 15 is 0 Å². The van der Waals surface area contributed by atoms with Crippen LogP contribution in [-0.2, 0) is 6.54 Å². The molecule has 0 saturated carbocycles. The summed E-state index contributed by atoms with van der Waals surface area (Å²) in [5.74, 6) is 0.431. The molecule has 19 heavy (non-hydrogen) atoms. The fourth-order valence-corrected chi connectivity index (χ4v) is 3.36. The molecule has 0 atom stereocenters. The van der Waals surface area contributed by atoms with Crippen molar-refractivity contribution < 1.29 is 4.92 Å². The summed E-state index contributed by atoms with van der Waals surface area (Å²) < 4.78 is 1.52. The Balaban J connectivity index is 2.01. The van der Waals surface area contributed by atoms with Crippen LogP contribution in [0, 0.1) is 10.1 Å². The van der Waals surface area contributed by atoms with Gasteiger partial charge in [0.2, 0.25) is 5.82 Å². The van der Waals surface area contributed by atoms with Crippen molar-refractivity contribution >= 4 is 39.3 Å². The normalized spacial score (nSPS) is 11.0. The van der Waals surface area contributed by atoms with E-state index in [-0.39, 0.29) is 10.7 Å². The van der Waals surface area contributed by atoms with Gasteiger partial charge in [-0.05, 0) is 16.4 Å². The van der Waals surface area contributed by atoms with Gasteiger partial charge in [0.25, 0.3) is 4.96 Å². The molecule has 3 aromatic heterocycles. The zero-order valence-corrected chi connectivity index (χ0v) is 11.6. The number of rotatable bonds is 4. The molecule has 0 unspecified atom stereocenters. The van der Waals surface area contributed by atoms with E-state index in [9.17, 15) is 10.1 Å². The van der Waals surface area contributed by atoms with Crippen molar-refractivity contribution in [3.8, 4) is 0 Å². The number of fused-ring (bicyclic) bond motifs is 1. The van der Waals surface area contributed by atoms with Gasteiger partial charge in [-0.3, -0.25) is 0 Å². The van der Waals surface area contributed by atoms with Gasteiger partial charge in [-0.2, -0.15) is 9.38 Å². The molecule has 3 heterocycles. The van der Waals surface area contributed by atoms with Crippen molar-refractivity contribution in [1.82, 2.24) is 9.38 Å². The Bertz CT molecular complexity index is 716. The molecule has 0 radical (unpaired) electrons. The van der Waals surface area contributed by atoms with E-state index in [1.807, 2.05) is 29.5 Å². The van der Waals surface area contributed by atoms with Gasteiger partial charge in [-0.1, -0.05) is 17.4 Å². The van der Waals surface area contributed by atoms with Gasteiger partial charge in [0.05, 0.1) is 6.54 Å². The molecule has 0 bridgehead atoms. The second-order valence-electron chi connectivity index (χ2n) is 4.01. The number of anilines is 1. The van der Waals surface area contributed by atoms with Crippen molar-refractivity contribution in [2.24, 2.45) is 0 Å². The third-order valence-electron chi connectivity index (χ3n) is 2.73. The van der Waals surface area contributed by atoms with Crippen LogP contribution in [0.25, 0.3) is 4.96 Å². The zero-order chi connectivity index (χ0) is 13.4. The number of aromatic nitrogens is 2. The summed E-state index contributed by atoms with van der Waals surface area (Å²) in [6.45, 7) is 0.614. The molecule has 0 aliphatic rings. The van der Waals surface area contributed by atoms with Gasteiger partial charge in [-0.25, -0.2) is 0 Å². The number of nitro groups is 1. The molecule has 0 saturated heterocycles. The summed E-state index contributed by atoms with van der Waals surface area (Å²) in [4.78, 5) is 18.8. The lowest BCUT2D eigenvalue weighted by Crippen LogP contribution is -2.17. The predicted octanol–water partition coefficient (Wildman–Crippen LogP) is 3.00. The molecule has 0 aromatic carbocycles. The summed E-state index contributed by atoms with van der Waals surface area (Å²) in [7, 11) is 1.82. The highest BCUT2D eigenvalue weighted by molar-refractivity contribution is 7.15. The van der Waals surface area contributed by atoms with Crippen LogP contribution in [0.15, 0.2) is 29.1 Å². The topological polar surface area (TPSA) is 63.7 Å². The van der Waals surface area contributed by atoms with Gasteiger partial charge in [0, 0.05) is 17.3 Å². The zero-order valence-electron chi connectivity index (χ0n) is 10.0. The number of hydrogen-bond acceptors (Lipinski definition) is 6. The second-order valence-corrected chi connectivity index (χ2v) is 5.91. The van der Waals surface area contributed by atoms with Gasteiger partial charge in [0.15, 0.2) is 0 Å². The highest BCUT2D eigenvalue weighted by Crippen LogP contribution is 2.31. The maximum atomic E-state index is 11.2. The molecule has 0 aliphatic carbocycles. The van der Waals surface area contributed by atoms with Gasteiger partial charge < -0.3 is 15.0 Å². The molecular formula is C11H10N4O2S2. The fraction of sp³-hybridized carbons (Fsp3) is 0.182. The first kappa shape index (κ1) is 12.1. The number of hydrogen-bond donors (Lipinski definition) is 0. The molecule has 8 heteroatoms. The molecule has 0 N–H and O–H groups in total. The lowest BCUT2D eigenvalue weighted by atomic mass is 10.4. The molecule has 6 nitrogen and oxygen atoms in total. The molecule has 0 amide bonds. The average Bonchev–Trinajstić information content (AvgIpc) is 3.02. The van der Waals surface area contributed by atoms with Crippen molar-refractivity contribution in [3.05, 3.63) is 44.1 Å². The summed E-state index contributed by atoms with van der Waals surface area (Å²) >= 11 is 3.01. The molecule has 0 aliphatic heterocycles. The third-order valence-corrected chi connectivity index (χ3v) is 4.34. The maximum absolute atomic E-state index is 11.2. The smallest absolute Gasteiger partial charge is 0.358 e. The Morgan fingerprint density at radius 3 is 3.00 bits per heavy atom. The Morgan fingerprint density at radius 2 is 2.32 bits per heavy atom. The van der Waals surface area contributed by atoms with Gasteiger partial charge in [0.1, 0.15) is 6.20 Å². The molecule has 3 aromatic rings. The molecule has 98 valence electrons. The quantitative estimate of drug-likeness (QED) is 0.548. The predicted molar refractivity (Wildman–Crippen MR) is 76.1 cm³/mol. The highest BCUT2D eigenvalue weighted by atomic mass is 32.1. The van der Waals surface area contributed by atoms with E-state index in [2.05, 4.69) is 4.98 Å². The van der Waals surface area contributed by atoms with E-state index in [0.717, 1.165) is 4.88 Å². The summed E-state index contributed by atoms with van der Waals surface area (Å²) in [5, 5.41) is 15.0. The first-order valence-electron chi connectivity index (χ1n) is 5.50. The van der Waals surface area contributed by atoms with Crippen molar-refractivity contribution in [2.75, 3.05) is 11.9 Å². The summed E-state index contributed by atoms with van der Waals surface area (Å²) in [5.41, 5.74) is 0. The van der Waals surface area contributed by atoms with Crippen LogP contribution in [0.5, 0.6) is 0 Å². The minimum absolute atomic E-state index is 0.0234. The van der Waals surface area contributed by atoms with E-state index < -0.39 is 0 Å². The lowest BCUT2D eigenvalue weighted by molar-refractivity contribution is -0.389. The number of nitrogens with zero attached hydrogens (tertiary/aromatic N) is 4. The standard InChI is InChI=1S/C11H10N4O2S2/c1-13(7-8-3-2-5-18-8)9-10(15(16)17)14-4-6-19-11(14)12-9/h2-6H,7H2,1H3. The molecule has 3 rings (SSSR count). The van der Waals surface area contributed by atoms with E-state index in [1.54, 1.807) is 22.9 Å². The first-order valence-corrected chi connectivity index (χ1v) is 7.26. The summed E-state index contributed by atoms with van der Waals surface area (Å²) in [6.07, 6.45) is 1.67. The van der Waals surface area contributed by atoms with E-state index in [1.165, 1.54) is 15.7 Å². The Hall–Kier alpha value is -1.93. The minimum Gasteiger partial charge on any atom is -0.358 e. The molecule has 0 spiro atoms. The van der Waals surface area contributed by atoms with Crippen LogP contribution in [0.3, 0.4) is 0 Å². The number of imidazole rings is 1. The third kappa shape index (κ3) is 2.08. The van der Waals surface area contributed by atoms with Crippen LogP contribution in [0.4, 0.5) is 11.6 Å². The SMILES string of the molecule is CN(Cc1cccs1)c1nc2sccn2c1[N+](=O)[O-]. The largest absolute Gasteiger partial charge is 0.373 e. The molecule has 0 fully saturated rings. The Kier molecular flexibility index (Phi) is 2.96. The monoisotopic (exact) mass is 294 g/mol. The average molecular weight is 294 g/mol. The van der Waals surface area contributed by atoms with Crippen LogP contribution >= 0.6 is 22.7 Å². The number of thiazole rings is 1. The van der Waals surface area contributed by atoms with Crippen molar-refractivity contribution in [2.45, 2.75) is 6.54 Å². The lowest BCUT2D eigenvalue weighted by Gasteiger charge is -2.14. The first-order chi connectivity index (χ1) is 9.16. The Labute approximate surface area is 116 Å². The van der Waals surface area contributed by atoms with Crippen LogP contribution in [-0.4, -0.2) is 21.4 Å². The maximum Gasteiger partial charge on any atom is 0.373 e. The van der Waals surface area contributed by atoms with E-state index in [4.69, 9.17) is 0 Å². The second kappa shape index (κ2) is 4.63. The van der Waals surface area contributed by atoms with Crippen LogP contribution < -0.4 is 4.90 Å². The van der Waals surface area contributed by atoms with Gasteiger partial charge in [-0.15, -0.1) is 11.3 Å². The Morgan fingerprint density at radius 1 is 1.47 bits per heavy atom. The fourth-order valence-electron chi connectivity index (χ4n) is 1.90. The van der Waals surface area contributed by atoms with Crippen LogP contribution in [0.2, 0.25) is 0 Å². The molecular weight excluding hydrogens is 284 g/mol. The van der Waals surface area contributed by atoms with Crippen molar-refractivity contribution in [3.63, 3.8) is 0 Å². The van der Waals surface area contributed by atoms with E-state index in [0.29, 0.717) is 17.3 Å².